The predicted octanol–water partition coefficient (Wildman–Crippen LogP) is 3.22. The zero-order valence-electron chi connectivity index (χ0n) is 8.17. The monoisotopic (exact) mass is 306 g/mol. The largest absolute Gasteiger partial charge is 0.387 e. The molecule has 0 aliphatic heterocycles. The minimum Gasteiger partial charge on any atom is -0.387 e. The summed E-state index contributed by atoms with van der Waals surface area (Å²) in [5.74, 6) is 0. The summed E-state index contributed by atoms with van der Waals surface area (Å²) in [6.07, 6.45) is 0. The van der Waals surface area contributed by atoms with Gasteiger partial charge in [-0.05, 0) is 12.1 Å². The molecule has 0 bridgehead atoms. The average Bonchev–Trinajstić information content (AvgIpc) is 2.25. The van der Waals surface area contributed by atoms with E-state index in [0.29, 0.717) is 20.8 Å². The molecule has 0 fully saturated rings. The van der Waals surface area contributed by atoms with Gasteiger partial charge < -0.3 is 5.73 Å². The maximum absolute atomic E-state index is 8.67. The Morgan fingerprint density at radius 1 is 1.29 bits per heavy atom. The van der Waals surface area contributed by atoms with Crippen LogP contribution in [0.15, 0.2) is 17.2 Å². The number of nitrogens with one attached hydrogen (secondary N) is 1. The maximum Gasteiger partial charge on any atom is 0.194 e. The maximum atomic E-state index is 8.67. The highest BCUT2D eigenvalue weighted by molar-refractivity contribution is 7.82. The lowest BCUT2D eigenvalue weighted by Crippen LogP contribution is -2.20. The van der Waals surface area contributed by atoms with Gasteiger partial charge in [0.1, 0.15) is 11.1 Å². The van der Waals surface area contributed by atoms with Gasteiger partial charge in [0.15, 0.2) is 5.71 Å². The standard InChI is InChI=1S/C9H5Cl3N4S/c10-4-1-6(12)7(2-5(4)11)15-16-8(3-13)9(14)17/h1-2,15H,(H2,14,17). The van der Waals surface area contributed by atoms with Crippen LogP contribution in [0.5, 0.6) is 0 Å². The Kier molecular flexibility index (Phi) is 4.97. The smallest absolute Gasteiger partial charge is 0.194 e. The lowest BCUT2D eigenvalue weighted by Gasteiger charge is -2.05. The molecule has 1 aromatic carbocycles. The summed E-state index contributed by atoms with van der Waals surface area (Å²) >= 11 is 22.1. The van der Waals surface area contributed by atoms with E-state index in [2.05, 4.69) is 22.7 Å². The molecule has 0 atom stereocenters. The van der Waals surface area contributed by atoms with Crippen LogP contribution in [0.1, 0.15) is 0 Å². The van der Waals surface area contributed by atoms with Crippen molar-refractivity contribution in [1.82, 2.24) is 0 Å². The minimum atomic E-state index is -0.115. The van der Waals surface area contributed by atoms with Crippen molar-refractivity contribution in [3.63, 3.8) is 0 Å². The first-order valence-corrected chi connectivity index (χ1v) is 5.68. The molecule has 4 nitrogen and oxygen atoms in total. The quantitative estimate of drug-likeness (QED) is 0.389. The SMILES string of the molecule is N#CC(=NNc1cc(Cl)c(Cl)cc1Cl)C(N)=S. The van der Waals surface area contributed by atoms with Gasteiger partial charge in [-0.25, -0.2) is 0 Å². The van der Waals surface area contributed by atoms with Crippen molar-refractivity contribution in [1.29, 1.82) is 5.26 Å². The van der Waals surface area contributed by atoms with Crippen molar-refractivity contribution >= 4 is 63.4 Å². The summed E-state index contributed by atoms with van der Waals surface area (Å²) in [6, 6.07) is 4.67. The summed E-state index contributed by atoms with van der Waals surface area (Å²) in [4.78, 5) is -0.115. The fourth-order valence-electron chi connectivity index (χ4n) is 0.860. The van der Waals surface area contributed by atoms with Crippen molar-refractivity contribution in [3.05, 3.63) is 27.2 Å². The molecule has 0 spiro atoms. The molecule has 88 valence electrons. The second-order valence-electron chi connectivity index (χ2n) is 2.79. The second-order valence-corrected chi connectivity index (χ2v) is 4.46. The van der Waals surface area contributed by atoms with Crippen molar-refractivity contribution in [2.24, 2.45) is 10.8 Å². The fraction of sp³-hybridized carbons (Fsp3) is 0. The summed E-state index contributed by atoms with van der Waals surface area (Å²) in [5.41, 5.74) is 8.08. The number of anilines is 1. The second kappa shape index (κ2) is 6.03. The molecule has 0 radical (unpaired) electrons. The van der Waals surface area contributed by atoms with Gasteiger partial charge in [0, 0.05) is 0 Å². The number of hydrazone groups is 1. The highest BCUT2D eigenvalue weighted by Crippen LogP contribution is 2.32. The summed E-state index contributed by atoms with van der Waals surface area (Å²) in [6.45, 7) is 0. The molecule has 17 heavy (non-hydrogen) atoms. The van der Waals surface area contributed by atoms with Crippen LogP contribution in [0, 0.1) is 11.3 Å². The van der Waals surface area contributed by atoms with E-state index in [-0.39, 0.29) is 10.7 Å². The van der Waals surface area contributed by atoms with E-state index in [0.717, 1.165) is 0 Å². The van der Waals surface area contributed by atoms with Gasteiger partial charge in [-0.2, -0.15) is 10.4 Å². The van der Waals surface area contributed by atoms with E-state index >= 15 is 0 Å². The van der Waals surface area contributed by atoms with Gasteiger partial charge in [0.05, 0.1) is 20.8 Å². The molecule has 0 unspecified atom stereocenters. The van der Waals surface area contributed by atoms with Gasteiger partial charge in [0.2, 0.25) is 0 Å². The van der Waals surface area contributed by atoms with Crippen LogP contribution >= 0.6 is 47.0 Å². The number of nitrogens with two attached hydrogens (primary N) is 1. The highest BCUT2D eigenvalue weighted by atomic mass is 35.5. The minimum absolute atomic E-state index is 0.109. The Morgan fingerprint density at radius 3 is 2.41 bits per heavy atom. The summed E-state index contributed by atoms with van der Waals surface area (Å²) in [5, 5.41) is 13.3. The first kappa shape index (κ1) is 14.0. The van der Waals surface area contributed by atoms with Crippen molar-refractivity contribution in [2.75, 3.05) is 5.43 Å². The van der Waals surface area contributed by atoms with Crippen LogP contribution in [0.2, 0.25) is 15.1 Å². The van der Waals surface area contributed by atoms with Gasteiger partial charge in [-0.15, -0.1) is 0 Å². The molecule has 0 aliphatic rings. The van der Waals surface area contributed by atoms with Crippen molar-refractivity contribution < 1.29 is 0 Å². The summed E-state index contributed by atoms with van der Waals surface area (Å²) < 4.78 is 0. The van der Waals surface area contributed by atoms with Gasteiger partial charge in [-0.1, -0.05) is 47.0 Å². The first-order chi connectivity index (χ1) is 7.95. The Labute approximate surface area is 118 Å². The molecule has 1 aromatic rings. The molecule has 0 saturated heterocycles. The predicted molar refractivity (Wildman–Crippen MR) is 74.9 cm³/mol. The first-order valence-electron chi connectivity index (χ1n) is 4.14. The Hall–Kier alpha value is -1.06. The third-order valence-electron chi connectivity index (χ3n) is 1.64. The van der Waals surface area contributed by atoms with Crippen LogP contribution < -0.4 is 11.2 Å². The summed E-state index contributed by atoms with van der Waals surface area (Å²) in [7, 11) is 0. The molecular weight excluding hydrogens is 303 g/mol. The molecule has 8 heteroatoms. The van der Waals surface area contributed by atoms with Gasteiger partial charge in [0.25, 0.3) is 0 Å². The van der Waals surface area contributed by atoms with Gasteiger partial charge >= 0.3 is 0 Å². The van der Waals surface area contributed by atoms with Crippen molar-refractivity contribution in [3.8, 4) is 6.07 Å². The third-order valence-corrected chi connectivity index (χ3v) is 2.87. The molecule has 3 N–H and O–H groups in total. The Bertz CT molecular complexity index is 536. The molecular formula is C9H5Cl3N4S. The van der Waals surface area contributed by atoms with Crippen molar-refractivity contribution in [2.45, 2.75) is 0 Å². The lowest BCUT2D eigenvalue weighted by molar-refractivity contribution is 1.34. The zero-order chi connectivity index (χ0) is 13.0. The van der Waals surface area contributed by atoms with Crippen LogP contribution in [0.25, 0.3) is 0 Å². The van der Waals surface area contributed by atoms with Crippen LogP contribution in [-0.4, -0.2) is 10.7 Å². The third kappa shape index (κ3) is 3.72. The van der Waals surface area contributed by atoms with Crippen LogP contribution in [-0.2, 0) is 0 Å². The molecule has 0 saturated carbocycles. The lowest BCUT2D eigenvalue weighted by atomic mass is 10.3. The van der Waals surface area contributed by atoms with Crippen LogP contribution in [0.4, 0.5) is 5.69 Å². The molecule has 0 amide bonds. The Balaban J connectivity index is 3.01. The Morgan fingerprint density at radius 2 is 1.88 bits per heavy atom. The van der Waals surface area contributed by atoms with E-state index in [9.17, 15) is 0 Å². The number of nitrogens with zero attached hydrogens (tertiary/aromatic N) is 2. The van der Waals surface area contributed by atoms with E-state index < -0.39 is 0 Å². The van der Waals surface area contributed by atoms with E-state index in [1.54, 1.807) is 6.07 Å². The van der Waals surface area contributed by atoms with Crippen LogP contribution in [0.3, 0.4) is 0 Å². The number of hydrogen-bond donors (Lipinski definition) is 2. The fourth-order valence-corrected chi connectivity index (χ4v) is 1.54. The van der Waals surface area contributed by atoms with E-state index in [4.69, 9.17) is 45.8 Å². The van der Waals surface area contributed by atoms with E-state index in [1.807, 2.05) is 0 Å². The molecule has 0 aliphatic carbocycles. The zero-order valence-corrected chi connectivity index (χ0v) is 11.3. The van der Waals surface area contributed by atoms with Gasteiger partial charge in [-0.3, -0.25) is 5.43 Å². The number of benzene rings is 1. The number of nitriles is 1. The topological polar surface area (TPSA) is 74.2 Å². The molecule has 1 rings (SSSR count). The number of halogens is 3. The molecule has 0 heterocycles. The highest BCUT2D eigenvalue weighted by Gasteiger charge is 2.06. The number of thiocarbonyl (C=S) groups is 1. The number of hydrogen-bond acceptors (Lipinski definition) is 4. The number of rotatable bonds is 3. The average molecular weight is 308 g/mol. The normalized spacial score (nSPS) is 10.8. The molecule has 0 aromatic heterocycles. The van der Waals surface area contributed by atoms with E-state index in [1.165, 1.54) is 12.1 Å².